The van der Waals surface area contributed by atoms with E-state index in [0.717, 1.165) is 0 Å². The van der Waals surface area contributed by atoms with Crippen LogP contribution in [0.5, 0.6) is 0 Å². The molecule has 0 fully saturated rings. The topological polar surface area (TPSA) is 102 Å². The standard InChI is InChI=1S/C22H42N2O7P2/c1-11-13-23(19(15-17(3)4)21(25)29-7)32(9,27)31-33(10,28)24(14-12-2)20(16-18(5)6)22(26)30-8/h11-12,17-20H,1-2,13-16H2,3-10H3/t19-,20-,32?,33?/m0/s1. The summed E-state index contributed by atoms with van der Waals surface area (Å²) < 4.78 is 46.1. The Morgan fingerprint density at radius 2 is 1.09 bits per heavy atom. The number of hydrogen-bond donors (Lipinski definition) is 0. The maximum Gasteiger partial charge on any atom is 0.323 e. The Morgan fingerprint density at radius 3 is 1.30 bits per heavy atom. The van der Waals surface area contributed by atoms with Gasteiger partial charge >= 0.3 is 11.9 Å². The normalized spacial score (nSPS) is 17.3. The number of hydrogen-bond acceptors (Lipinski definition) is 7. The average Bonchev–Trinajstić information content (AvgIpc) is 2.70. The van der Waals surface area contributed by atoms with Gasteiger partial charge in [0.2, 0.25) is 0 Å². The summed E-state index contributed by atoms with van der Waals surface area (Å²) in [5, 5.41) is 0. The molecule has 0 aliphatic rings. The fraction of sp³-hybridized carbons (Fsp3) is 0.727. The molecule has 0 saturated carbocycles. The van der Waals surface area contributed by atoms with Crippen LogP contribution in [0.25, 0.3) is 0 Å². The minimum atomic E-state index is -3.84. The third-order valence-corrected chi connectivity index (χ3v) is 10.1. The number of carbonyl (C=O) groups excluding carboxylic acids is 2. The molecule has 9 nitrogen and oxygen atoms in total. The molecule has 0 saturated heterocycles. The zero-order valence-corrected chi connectivity index (χ0v) is 23.1. The van der Waals surface area contributed by atoms with Gasteiger partial charge in [0.05, 0.1) is 14.2 Å². The zero-order valence-electron chi connectivity index (χ0n) is 21.4. The molecular weight excluding hydrogens is 466 g/mol. The first-order valence-electron chi connectivity index (χ1n) is 11.0. The van der Waals surface area contributed by atoms with Crippen molar-refractivity contribution < 1.29 is 32.5 Å². The first-order valence-corrected chi connectivity index (χ1v) is 15.0. The summed E-state index contributed by atoms with van der Waals surface area (Å²) in [7, 11) is -5.17. The van der Waals surface area contributed by atoms with E-state index in [0.29, 0.717) is 12.8 Å². The van der Waals surface area contributed by atoms with Crippen molar-refractivity contribution in [2.24, 2.45) is 11.8 Å². The second kappa shape index (κ2) is 14.2. The van der Waals surface area contributed by atoms with E-state index >= 15 is 0 Å². The minimum absolute atomic E-state index is 0.0497. The van der Waals surface area contributed by atoms with Crippen molar-refractivity contribution in [2.75, 3.05) is 40.6 Å². The SMILES string of the molecule is C=CCN([C@@H](CC(C)C)C(=O)OC)P(C)(=O)OP(C)(=O)N(CC=C)[C@@H](CC(C)C)C(=O)OC. The fourth-order valence-electron chi connectivity index (χ4n) is 3.54. The van der Waals surface area contributed by atoms with Gasteiger partial charge in [0, 0.05) is 26.4 Å². The van der Waals surface area contributed by atoms with Crippen molar-refractivity contribution in [3.63, 3.8) is 0 Å². The lowest BCUT2D eigenvalue weighted by atomic mass is 10.0. The van der Waals surface area contributed by atoms with E-state index in [-0.39, 0.29) is 24.9 Å². The predicted molar refractivity (Wildman–Crippen MR) is 132 cm³/mol. The molecule has 0 rings (SSSR count). The Bertz CT molecular complexity index is 708. The maximum atomic E-state index is 13.9. The van der Waals surface area contributed by atoms with Gasteiger partial charge < -0.3 is 9.47 Å². The molecule has 4 atom stereocenters. The first-order chi connectivity index (χ1) is 15.2. The molecule has 0 aromatic rings. The zero-order chi connectivity index (χ0) is 26.0. The van der Waals surface area contributed by atoms with Gasteiger partial charge in [-0.05, 0) is 24.7 Å². The molecule has 0 bridgehead atoms. The fourth-order valence-corrected chi connectivity index (χ4v) is 8.75. The Morgan fingerprint density at radius 1 is 0.788 bits per heavy atom. The van der Waals surface area contributed by atoms with Crippen molar-refractivity contribution in [1.29, 1.82) is 0 Å². The molecule has 33 heavy (non-hydrogen) atoms. The van der Waals surface area contributed by atoms with Gasteiger partial charge in [-0.3, -0.25) is 18.7 Å². The van der Waals surface area contributed by atoms with E-state index in [2.05, 4.69) is 13.2 Å². The molecule has 0 aromatic heterocycles. The lowest BCUT2D eigenvalue weighted by molar-refractivity contribution is -0.146. The molecular formula is C22H42N2O7P2. The van der Waals surface area contributed by atoms with Crippen molar-refractivity contribution in [3.8, 4) is 0 Å². The van der Waals surface area contributed by atoms with Crippen LogP contribution in [0.2, 0.25) is 0 Å². The molecule has 0 heterocycles. The third-order valence-electron chi connectivity index (χ3n) is 4.92. The number of carbonyl (C=O) groups is 2. The largest absolute Gasteiger partial charge is 0.468 e. The van der Waals surface area contributed by atoms with Crippen LogP contribution in [0.4, 0.5) is 0 Å². The van der Waals surface area contributed by atoms with Crippen LogP contribution in [-0.4, -0.2) is 74.0 Å². The number of methoxy groups -OCH3 is 2. The lowest BCUT2D eigenvalue weighted by Crippen LogP contribution is -2.43. The summed E-state index contributed by atoms with van der Waals surface area (Å²) in [5.74, 6) is -0.974. The van der Waals surface area contributed by atoms with E-state index in [1.807, 2.05) is 27.7 Å². The Hall–Kier alpha value is -1.24. The van der Waals surface area contributed by atoms with E-state index in [1.54, 1.807) is 0 Å². The van der Waals surface area contributed by atoms with Crippen LogP contribution in [0.15, 0.2) is 25.3 Å². The second-order valence-corrected chi connectivity index (χ2v) is 13.7. The number of nitrogens with zero attached hydrogens (tertiary/aromatic N) is 2. The third kappa shape index (κ3) is 9.87. The molecule has 192 valence electrons. The van der Waals surface area contributed by atoms with Gasteiger partial charge in [-0.25, -0.2) is 13.7 Å². The smallest absolute Gasteiger partial charge is 0.323 e. The van der Waals surface area contributed by atoms with E-state index < -0.39 is 39.1 Å². The summed E-state index contributed by atoms with van der Waals surface area (Å²) in [5.41, 5.74) is 0. The van der Waals surface area contributed by atoms with E-state index in [9.17, 15) is 18.7 Å². The van der Waals surface area contributed by atoms with Crippen molar-refractivity contribution >= 4 is 27.0 Å². The number of rotatable bonds is 16. The van der Waals surface area contributed by atoms with Crippen molar-refractivity contribution in [2.45, 2.75) is 52.6 Å². The maximum absolute atomic E-state index is 13.9. The quantitative estimate of drug-likeness (QED) is 0.165. The Balaban J connectivity index is 6.34. The summed E-state index contributed by atoms with van der Waals surface area (Å²) in [6.45, 7) is 17.8. The molecule has 11 heteroatoms. The van der Waals surface area contributed by atoms with Crippen molar-refractivity contribution in [1.82, 2.24) is 9.34 Å². The van der Waals surface area contributed by atoms with E-state index in [1.165, 1.54) is 49.0 Å². The average molecular weight is 509 g/mol. The van der Waals surface area contributed by atoms with Crippen LogP contribution in [0.3, 0.4) is 0 Å². The van der Waals surface area contributed by atoms with Gasteiger partial charge in [0.1, 0.15) is 12.1 Å². The molecule has 0 spiro atoms. The van der Waals surface area contributed by atoms with Crippen molar-refractivity contribution in [3.05, 3.63) is 25.3 Å². The molecule has 0 radical (unpaired) electrons. The van der Waals surface area contributed by atoms with E-state index in [4.69, 9.17) is 13.8 Å². The number of esters is 2. The van der Waals surface area contributed by atoms with Crippen LogP contribution < -0.4 is 0 Å². The van der Waals surface area contributed by atoms with Gasteiger partial charge in [-0.2, -0.15) is 0 Å². The molecule has 0 N–H and O–H groups in total. The molecule has 0 aliphatic heterocycles. The highest BCUT2D eigenvalue weighted by Crippen LogP contribution is 2.64. The highest BCUT2D eigenvalue weighted by atomic mass is 31.2. The van der Waals surface area contributed by atoms with Gasteiger partial charge in [0.15, 0.2) is 0 Å². The summed E-state index contributed by atoms with van der Waals surface area (Å²) in [4.78, 5) is 25.1. The Kier molecular flexibility index (Phi) is 13.7. The van der Waals surface area contributed by atoms with Crippen LogP contribution in [-0.2, 0) is 32.5 Å². The Labute approximate surface area is 199 Å². The van der Waals surface area contributed by atoms with Gasteiger partial charge in [0.25, 0.3) is 15.0 Å². The minimum Gasteiger partial charge on any atom is -0.468 e. The van der Waals surface area contributed by atoms with Crippen LogP contribution in [0, 0.1) is 11.8 Å². The van der Waals surface area contributed by atoms with Crippen LogP contribution >= 0.6 is 15.0 Å². The molecule has 0 amide bonds. The predicted octanol–water partition coefficient (Wildman–Crippen LogP) is 4.80. The monoisotopic (exact) mass is 508 g/mol. The highest BCUT2D eigenvalue weighted by molar-refractivity contribution is 7.69. The van der Waals surface area contributed by atoms with Gasteiger partial charge in [-0.15, -0.1) is 13.2 Å². The molecule has 0 aromatic carbocycles. The lowest BCUT2D eigenvalue weighted by Gasteiger charge is -2.39. The summed E-state index contributed by atoms with van der Waals surface area (Å²) in [6, 6.07) is -1.77. The van der Waals surface area contributed by atoms with Gasteiger partial charge in [-0.1, -0.05) is 39.8 Å². The number of ether oxygens (including phenoxy) is 2. The second-order valence-electron chi connectivity index (χ2n) is 8.85. The molecule has 2 unspecified atom stereocenters. The summed E-state index contributed by atoms with van der Waals surface area (Å²) >= 11 is 0. The highest BCUT2D eigenvalue weighted by Gasteiger charge is 2.45. The molecule has 0 aliphatic carbocycles. The van der Waals surface area contributed by atoms with Crippen LogP contribution in [0.1, 0.15) is 40.5 Å². The first kappa shape index (κ1) is 31.8. The summed E-state index contributed by atoms with van der Waals surface area (Å²) in [6.07, 6.45) is 3.69.